The molecule has 10 rings (SSSR count). The lowest BCUT2D eigenvalue weighted by Gasteiger charge is -2.11. The zero-order valence-corrected chi connectivity index (χ0v) is 27.4. The Morgan fingerprint density at radius 1 is 0.333 bits per heavy atom. The third-order valence-corrected chi connectivity index (χ3v) is 9.55. The van der Waals surface area contributed by atoms with Crippen LogP contribution in [0.3, 0.4) is 0 Å². The van der Waals surface area contributed by atoms with E-state index in [0.717, 1.165) is 60.5 Å². The molecule has 0 aliphatic heterocycles. The fraction of sp³-hybridized carbons (Fsp3) is 0. The first kappa shape index (κ1) is 29.0. The average molecular weight is 653 g/mol. The molecule has 0 bridgehead atoms. The molecule has 10 aromatic rings. The molecule has 238 valence electrons. The molecule has 5 nitrogen and oxygen atoms in total. The van der Waals surface area contributed by atoms with E-state index in [1.165, 1.54) is 16.3 Å². The molecule has 5 heteroatoms. The third-order valence-electron chi connectivity index (χ3n) is 9.55. The summed E-state index contributed by atoms with van der Waals surface area (Å²) in [5.74, 6) is 2.45. The number of benzene rings is 8. The van der Waals surface area contributed by atoms with Crippen LogP contribution in [0.2, 0.25) is 0 Å². The van der Waals surface area contributed by atoms with Crippen molar-refractivity contribution < 1.29 is 4.42 Å². The van der Waals surface area contributed by atoms with E-state index in [9.17, 15) is 0 Å². The first-order chi connectivity index (χ1) is 25.3. The van der Waals surface area contributed by atoms with E-state index < -0.39 is 0 Å². The van der Waals surface area contributed by atoms with Crippen molar-refractivity contribution in [1.82, 2.24) is 19.9 Å². The topological polar surface area (TPSA) is 64.7 Å². The van der Waals surface area contributed by atoms with E-state index in [1.807, 2.05) is 66.7 Å². The van der Waals surface area contributed by atoms with E-state index >= 15 is 0 Å². The number of rotatable bonds is 5. The van der Waals surface area contributed by atoms with Gasteiger partial charge in [0.1, 0.15) is 5.52 Å². The predicted octanol–water partition coefficient (Wildman–Crippen LogP) is 11.8. The van der Waals surface area contributed by atoms with Crippen LogP contribution >= 0.6 is 0 Å². The van der Waals surface area contributed by atoms with Crippen LogP contribution in [0.1, 0.15) is 0 Å². The molecule has 0 atom stereocenters. The minimum absolute atomic E-state index is 0.605. The zero-order chi connectivity index (χ0) is 33.7. The molecule has 0 amide bonds. The summed E-state index contributed by atoms with van der Waals surface area (Å²) in [5, 5.41) is 6.62. The molecule has 2 aromatic heterocycles. The summed E-state index contributed by atoms with van der Waals surface area (Å²) in [6.07, 6.45) is 0. The number of aromatic nitrogens is 4. The summed E-state index contributed by atoms with van der Waals surface area (Å²) in [6, 6.07) is 58.2. The summed E-state index contributed by atoms with van der Waals surface area (Å²) in [6.45, 7) is 0. The van der Waals surface area contributed by atoms with Gasteiger partial charge in [0.25, 0.3) is 0 Å². The van der Waals surface area contributed by atoms with Crippen LogP contribution < -0.4 is 0 Å². The van der Waals surface area contributed by atoms with Gasteiger partial charge in [-0.25, -0.2) is 19.9 Å². The lowest BCUT2D eigenvalue weighted by molar-refractivity contribution is 0.623. The number of fused-ring (bicyclic) bond motifs is 7. The van der Waals surface area contributed by atoms with E-state index in [2.05, 4.69) is 103 Å². The van der Waals surface area contributed by atoms with Crippen LogP contribution in [0.15, 0.2) is 174 Å². The second-order valence-electron chi connectivity index (χ2n) is 12.6. The van der Waals surface area contributed by atoms with E-state index in [4.69, 9.17) is 24.4 Å². The highest BCUT2D eigenvalue weighted by molar-refractivity contribution is 6.23. The van der Waals surface area contributed by atoms with Crippen LogP contribution in [0.25, 0.3) is 100 Å². The average Bonchev–Trinajstić information content (AvgIpc) is 3.67. The predicted molar refractivity (Wildman–Crippen MR) is 207 cm³/mol. The molecule has 0 aliphatic rings. The Morgan fingerprint density at radius 2 is 0.882 bits per heavy atom. The monoisotopic (exact) mass is 652 g/mol. The van der Waals surface area contributed by atoms with E-state index in [0.29, 0.717) is 23.4 Å². The molecular weight excluding hydrogens is 625 g/mol. The van der Waals surface area contributed by atoms with Crippen molar-refractivity contribution in [1.29, 1.82) is 0 Å². The Bertz CT molecular complexity index is 2890. The van der Waals surface area contributed by atoms with Gasteiger partial charge < -0.3 is 4.42 Å². The molecule has 0 fully saturated rings. The molecule has 2 heterocycles. The van der Waals surface area contributed by atoms with Gasteiger partial charge >= 0.3 is 0 Å². The summed E-state index contributed by atoms with van der Waals surface area (Å²) in [4.78, 5) is 20.1. The molecular formula is C46H28N4O. The molecule has 51 heavy (non-hydrogen) atoms. The Labute approximate surface area is 293 Å². The normalized spacial score (nSPS) is 11.5. The molecule has 0 saturated heterocycles. The minimum Gasteiger partial charge on any atom is -0.435 e. The molecule has 0 unspecified atom stereocenters. The number of hydrogen-bond acceptors (Lipinski definition) is 5. The zero-order valence-electron chi connectivity index (χ0n) is 27.4. The van der Waals surface area contributed by atoms with Gasteiger partial charge in [0.2, 0.25) is 5.89 Å². The highest BCUT2D eigenvalue weighted by Gasteiger charge is 2.18. The first-order valence-electron chi connectivity index (χ1n) is 17.0. The molecule has 0 saturated carbocycles. The highest BCUT2D eigenvalue weighted by atomic mass is 16.3. The van der Waals surface area contributed by atoms with Crippen molar-refractivity contribution in [3.8, 4) is 56.7 Å². The van der Waals surface area contributed by atoms with Gasteiger partial charge in [-0.1, -0.05) is 152 Å². The lowest BCUT2D eigenvalue weighted by Crippen LogP contribution is -2.00. The van der Waals surface area contributed by atoms with Gasteiger partial charge in [0, 0.05) is 33.0 Å². The summed E-state index contributed by atoms with van der Waals surface area (Å²) in [5.41, 5.74) is 7.64. The quantitative estimate of drug-likeness (QED) is 0.173. The Balaban J connectivity index is 1.13. The van der Waals surface area contributed by atoms with Crippen LogP contribution in [0.5, 0.6) is 0 Å². The van der Waals surface area contributed by atoms with Crippen molar-refractivity contribution in [2.45, 2.75) is 0 Å². The van der Waals surface area contributed by atoms with Crippen molar-refractivity contribution >= 4 is 43.4 Å². The number of hydrogen-bond donors (Lipinski definition) is 0. The van der Waals surface area contributed by atoms with Gasteiger partial charge in [0.05, 0.1) is 0 Å². The summed E-state index contributed by atoms with van der Waals surface area (Å²) in [7, 11) is 0. The van der Waals surface area contributed by atoms with Gasteiger partial charge in [-0.05, 0) is 50.9 Å². The van der Waals surface area contributed by atoms with Crippen molar-refractivity contribution in [2.75, 3.05) is 0 Å². The van der Waals surface area contributed by atoms with E-state index in [-0.39, 0.29) is 0 Å². The fourth-order valence-corrected chi connectivity index (χ4v) is 7.04. The van der Waals surface area contributed by atoms with Crippen LogP contribution in [0, 0.1) is 0 Å². The second kappa shape index (κ2) is 11.9. The van der Waals surface area contributed by atoms with E-state index in [1.54, 1.807) is 0 Å². The third kappa shape index (κ3) is 5.03. The molecule has 0 spiro atoms. The first-order valence-corrected chi connectivity index (χ1v) is 17.0. The summed E-state index contributed by atoms with van der Waals surface area (Å²) >= 11 is 0. The number of nitrogens with zero attached hydrogens (tertiary/aromatic N) is 4. The maximum atomic E-state index is 6.43. The summed E-state index contributed by atoms with van der Waals surface area (Å²) < 4.78 is 6.43. The van der Waals surface area contributed by atoms with Crippen LogP contribution in [-0.4, -0.2) is 19.9 Å². The van der Waals surface area contributed by atoms with Gasteiger partial charge in [-0.15, -0.1) is 0 Å². The molecule has 0 aliphatic carbocycles. The van der Waals surface area contributed by atoms with Crippen molar-refractivity contribution in [2.24, 2.45) is 0 Å². The standard InChI is InChI=1S/C46H28N4O/c1-3-13-31(14-4-1)43-48-44(32-24-22-30(23-25-32)36-21-11-17-29-12-7-8-18-35(29)36)50-45(49-43)34-26-27-38-40(28-34)37-19-9-10-20-39(37)42-41(38)47-46(51-42)33-15-5-2-6-16-33/h1-28H. The molecule has 0 radical (unpaired) electrons. The maximum absolute atomic E-state index is 6.43. The smallest absolute Gasteiger partial charge is 0.227 e. The maximum Gasteiger partial charge on any atom is 0.227 e. The number of oxazole rings is 1. The molecule has 8 aromatic carbocycles. The van der Waals surface area contributed by atoms with Gasteiger partial charge in [-0.3, -0.25) is 0 Å². The van der Waals surface area contributed by atoms with Crippen molar-refractivity contribution in [3.63, 3.8) is 0 Å². The highest BCUT2D eigenvalue weighted by Crippen LogP contribution is 2.39. The minimum atomic E-state index is 0.605. The largest absolute Gasteiger partial charge is 0.435 e. The lowest BCUT2D eigenvalue weighted by atomic mass is 9.97. The van der Waals surface area contributed by atoms with Crippen LogP contribution in [0.4, 0.5) is 0 Å². The van der Waals surface area contributed by atoms with Crippen LogP contribution in [-0.2, 0) is 0 Å². The van der Waals surface area contributed by atoms with Crippen molar-refractivity contribution in [3.05, 3.63) is 170 Å². The molecule has 0 N–H and O–H groups in total. The van der Waals surface area contributed by atoms with Gasteiger partial charge in [0.15, 0.2) is 23.1 Å². The SMILES string of the molecule is c1ccc(-c2nc(-c3ccc(-c4cccc5ccccc45)cc3)nc(-c3ccc4c(c3)c3ccccc3c3oc(-c5ccccc5)nc43)n2)cc1. The van der Waals surface area contributed by atoms with Gasteiger partial charge in [-0.2, -0.15) is 0 Å². The second-order valence-corrected chi connectivity index (χ2v) is 12.6. The Kier molecular flexibility index (Phi) is 6.74. The Morgan fingerprint density at radius 3 is 1.63 bits per heavy atom. The Hall–Kier alpha value is -6.98. The fourth-order valence-electron chi connectivity index (χ4n) is 7.04.